The molecule has 0 radical (unpaired) electrons. The number of hydrogen-bond donors (Lipinski definition) is 0. The average molecular weight is 497 g/mol. The molecule has 0 N–H and O–H groups in total. The molecule has 0 bridgehead atoms. The molecule has 5 atom stereocenters. The summed E-state index contributed by atoms with van der Waals surface area (Å²) < 4.78 is 30.6. The van der Waals surface area contributed by atoms with Crippen LogP contribution in [0.5, 0.6) is 0 Å². The van der Waals surface area contributed by atoms with Crippen molar-refractivity contribution in [2.24, 2.45) is 17.8 Å². The smallest absolute Gasteiger partial charge is 0.305 e. The molecule has 1 saturated carbocycles. The first-order chi connectivity index (χ1) is 16.3. The van der Waals surface area contributed by atoms with Crippen molar-refractivity contribution in [3.05, 3.63) is 11.6 Å². The van der Waals surface area contributed by atoms with Crippen LogP contribution >= 0.6 is 0 Å². The summed E-state index contributed by atoms with van der Waals surface area (Å²) in [6.45, 7) is 13.7. The third kappa shape index (κ3) is 8.73. The molecule has 2 fully saturated rings. The molecule has 2 heterocycles. The predicted molar refractivity (Wildman–Crippen MR) is 136 cm³/mol. The van der Waals surface area contributed by atoms with E-state index in [1.165, 1.54) is 18.0 Å². The third-order valence-electron chi connectivity index (χ3n) is 7.35. The summed E-state index contributed by atoms with van der Waals surface area (Å²) >= 11 is 0. The van der Waals surface area contributed by atoms with Crippen LogP contribution in [0, 0.1) is 17.8 Å². The quantitative estimate of drug-likeness (QED) is 0.192. The van der Waals surface area contributed by atoms with Gasteiger partial charge in [-0.2, -0.15) is 0 Å². The zero-order valence-corrected chi connectivity index (χ0v) is 23.2. The normalized spacial score (nSPS) is 30.1. The number of carbonyl (C=O) groups is 1. The fourth-order valence-electron chi connectivity index (χ4n) is 5.86. The number of hydrogen-bond acceptors (Lipinski definition) is 6. The lowest BCUT2D eigenvalue weighted by atomic mass is 9.90. The number of esters is 1. The Labute approximate surface area is 208 Å². The Morgan fingerprint density at radius 3 is 2.76 bits per heavy atom. The zero-order valence-electron chi connectivity index (χ0n) is 22.2. The Hall–Kier alpha value is -0.733. The summed E-state index contributed by atoms with van der Waals surface area (Å²) in [4.78, 5) is 11.7. The van der Waals surface area contributed by atoms with Gasteiger partial charge in [-0.1, -0.05) is 19.9 Å². The summed E-state index contributed by atoms with van der Waals surface area (Å²) in [6, 6.07) is 1.17. The van der Waals surface area contributed by atoms with E-state index in [0.29, 0.717) is 37.4 Å². The van der Waals surface area contributed by atoms with E-state index in [0.717, 1.165) is 51.7 Å². The molecule has 0 aromatic heterocycles. The molecule has 0 aromatic rings. The highest BCUT2D eigenvalue weighted by Crippen LogP contribution is 2.42. The molecule has 0 aromatic carbocycles. The second-order valence-electron chi connectivity index (χ2n) is 11.3. The van der Waals surface area contributed by atoms with Crippen molar-refractivity contribution in [1.29, 1.82) is 0 Å². The molecule has 1 unspecified atom stereocenters. The van der Waals surface area contributed by atoms with Gasteiger partial charge in [-0.15, -0.1) is 0 Å². The standard InChI is InChI=1S/C27H48O6Si/c1-6-29-26(28)11-9-10-21-13-14-22-23(18-32-34(4,5)19-20(2)3)25(16-24(22)31-17-21)33-27-12-7-8-15-30-27/h13,20,22-25,27H,6-12,14-19H2,1-5H3/t22-,23-,24+,25-,27?/m1/s1. The van der Waals surface area contributed by atoms with Crippen LogP contribution in [0.25, 0.3) is 0 Å². The molecule has 3 aliphatic rings. The average Bonchev–Trinajstić information content (AvgIpc) is 2.97. The van der Waals surface area contributed by atoms with Crippen LogP contribution < -0.4 is 0 Å². The lowest BCUT2D eigenvalue weighted by Crippen LogP contribution is -2.39. The molecule has 2 aliphatic heterocycles. The first-order valence-corrected chi connectivity index (χ1v) is 16.7. The van der Waals surface area contributed by atoms with Crippen LogP contribution in [-0.4, -0.2) is 59.2 Å². The lowest BCUT2D eigenvalue weighted by molar-refractivity contribution is -0.198. The van der Waals surface area contributed by atoms with E-state index < -0.39 is 8.32 Å². The molecular formula is C27H48O6Si. The number of allylic oxidation sites excluding steroid dienone is 1. The Bertz CT molecular complexity index is 658. The van der Waals surface area contributed by atoms with Gasteiger partial charge < -0.3 is 23.4 Å². The van der Waals surface area contributed by atoms with E-state index in [9.17, 15) is 4.79 Å². The lowest BCUT2D eigenvalue weighted by Gasteiger charge is -2.33. The fourth-order valence-corrected chi connectivity index (χ4v) is 8.58. The van der Waals surface area contributed by atoms with Crippen LogP contribution in [0.1, 0.15) is 72.1 Å². The van der Waals surface area contributed by atoms with Gasteiger partial charge in [0.1, 0.15) is 0 Å². The van der Waals surface area contributed by atoms with E-state index in [2.05, 4.69) is 33.0 Å². The van der Waals surface area contributed by atoms with Gasteiger partial charge in [0.25, 0.3) is 0 Å². The van der Waals surface area contributed by atoms with Crippen molar-refractivity contribution in [1.82, 2.24) is 0 Å². The number of carbonyl (C=O) groups excluding carboxylic acids is 1. The van der Waals surface area contributed by atoms with Gasteiger partial charge in [0.15, 0.2) is 14.6 Å². The second kappa shape index (κ2) is 13.5. The van der Waals surface area contributed by atoms with Crippen molar-refractivity contribution in [3.63, 3.8) is 0 Å². The van der Waals surface area contributed by atoms with Crippen molar-refractivity contribution < 1.29 is 28.2 Å². The molecule has 0 amide bonds. The minimum absolute atomic E-state index is 0.0847. The van der Waals surface area contributed by atoms with Crippen molar-refractivity contribution in [3.8, 4) is 0 Å². The van der Waals surface area contributed by atoms with E-state index in [1.54, 1.807) is 0 Å². The molecule has 6 nitrogen and oxygen atoms in total. The van der Waals surface area contributed by atoms with E-state index in [1.807, 2.05) is 6.92 Å². The van der Waals surface area contributed by atoms with Crippen LogP contribution in [-0.2, 0) is 28.2 Å². The summed E-state index contributed by atoms with van der Waals surface area (Å²) in [5, 5.41) is 0. The van der Waals surface area contributed by atoms with Crippen molar-refractivity contribution in [2.75, 3.05) is 26.4 Å². The first kappa shape index (κ1) is 27.8. The Balaban J connectivity index is 1.61. The van der Waals surface area contributed by atoms with E-state index in [4.69, 9.17) is 23.4 Å². The van der Waals surface area contributed by atoms with Gasteiger partial charge >= 0.3 is 5.97 Å². The van der Waals surface area contributed by atoms with Crippen LogP contribution in [0.3, 0.4) is 0 Å². The maximum Gasteiger partial charge on any atom is 0.305 e. The predicted octanol–water partition coefficient (Wildman–Crippen LogP) is 5.86. The van der Waals surface area contributed by atoms with Crippen LogP contribution in [0.4, 0.5) is 0 Å². The van der Waals surface area contributed by atoms with Gasteiger partial charge in [0.2, 0.25) is 0 Å². The maximum atomic E-state index is 11.7. The highest BCUT2D eigenvalue weighted by atomic mass is 28.4. The van der Waals surface area contributed by atoms with Gasteiger partial charge in [0.05, 0.1) is 25.4 Å². The number of ether oxygens (including phenoxy) is 4. The minimum atomic E-state index is -1.72. The highest BCUT2D eigenvalue weighted by molar-refractivity contribution is 6.71. The van der Waals surface area contributed by atoms with E-state index in [-0.39, 0.29) is 24.5 Å². The Morgan fingerprint density at radius 1 is 1.24 bits per heavy atom. The molecular weight excluding hydrogens is 448 g/mol. The first-order valence-electron chi connectivity index (χ1n) is 13.6. The summed E-state index contributed by atoms with van der Waals surface area (Å²) in [5.41, 5.74) is 1.31. The van der Waals surface area contributed by atoms with E-state index >= 15 is 0 Å². The van der Waals surface area contributed by atoms with Crippen LogP contribution in [0.2, 0.25) is 19.1 Å². The maximum absolute atomic E-state index is 11.7. The molecule has 1 saturated heterocycles. The number of fused-ring (bicyclic) bond motifs is 1. The van der Waals surface area contributed by atoms with Gasteiger partial charge in [-0.05, 0) is 82.0 Å². The third-order valence-corrected chi connectivity index (χ3v) is 10.1. The van der Waals surface area contributed by atoms with Gasteiger partial charge in [-0.25, -0.2) is 0 Å². The SMILES string of the molecule is CCOC(=O)CCCC1=CC[C@@H]2[C@@H](CO[Si](C)(C)CC(C)C)[C@H](OC3CCCCO3)C[C@@H]2OC1. The Morgan fingerprint density at radius 2 is 2.06 bits per heavy atom. The highest BCUT2D eigenvalue weighted by Gasteiger charge is 2.46. The fraction of sp³-hybridized carbons (Fsp3) is 0.889. The summed E-state index contributed by atoms with van der Waals surface area (Å²) in [7, 11) is -1.72. The second-order valence-corrected chi connectivity index (χ2v) is 15.5. The summed E-state index contributed by atoms with van der Waals surface area (Å²) in [6.07, 6.45) is 9.96. The van der Waals surface area contributed by atoms with Crippen LogP contribution in [0.15, 0.2) is 11.6 Å². The van der Waals surface area contributed by atoms with Gasteiger partial charge in [0, 0.05) is 32.0 Å². The molecule has 0 spiro atoms. The topological polar surface area (TPSA) is 63.2 Å². The Kier molecular flexibility index (Phi) is 11.1. The molecule has 34 heavy (non-hydrogen) atoms. The minimum Gasteiger partial charge on any atom is -0.466 e. The molecule has 3 rings (SSSR count). The van der Waals surface area contributed by atoms with Crippen molar-refractivity contribution >= 4 is 14.3 Å². The largest absolute Gasteiger partial charge is 0.466 e. The van der Waals surface area contributed by atoms with Crippen molar-refractivity contribution in [2.45, 2.75) is 110 Å². The molecule has 196 valence electrons. The summed E-state index contributed by atoms with van der Waals surface area (Å²) in [5.74, 6) is 1.27. The number of rotatable bonds is 12. The zero-order chi connectivity index (χ0) is 24.6. The molecule has 1 aliphatic carbocycles. The molecule has 7 heteroatoms. The van der Waals surface area contributed by atoms with Gasteiger partial charge in [-0.3, -0.25) is 4.79 Å². The monoisotopic (exact) mass is 496 g/mol.